The van der Waals surface area contributed by atoms with Crippen LogP contribution in [0, 0.1) is 0 Å². The number of sulfonamides is 1. The van der Waals surface area contributed by atoms with Crippen LogP contribution < -0.4 is 4.72 Å². The highest BCUT2D eigenvalue weighted by Gasteiger charge is 2.07. The van der Waals surface area contributed by atoms with Crippen LogP contribution in [0.5, 0.6) is 0 Å². The Morgan fingerprint density at radius 2 is 2.00 bits per heavy atom. The molecule has 0 amide bonds. The number of nitrogens with zero attached hydrogens (tertiary/aromatic N) is 1. The second-order valence-electron chi connectivity index (χ2n) is 5.20. The summed E-state index contributed by atoms with van der Waals surface area (Å²) in [5.41, 5.74) is 1.53. The van der Waals surface area contributed by atoms with E-state index >= 15 is 0 Å². The number of carbonyl (C=O) groups excluding carboxylic acids is 1. The molecule has 0 radical (unpaired) electrons. The molecule has 1 aromatic carbocycles. The van der Waals surface area contributed by atoms with Gasteiger partial charge in [0.2, 0.25) is 10.0 Å². The van der Waals surface area contributed by atoms with Crippen LogP contribution >= 0.6 is 11.3 Å². The van der Waals surface area contributed by atoms with Crippen molar-refractivity contribution < 1.29 is 17.6 Å². The lowest BCUT2D eigenvalue weighted by molar-refractivity contribution is 0.104. The maximum Gasteiger partial charge on any atom is 0.229 e. The fourth-order valence-corrected chi connectivity index (χ4v) is 3.37. The Morgan fingerprint density at radius 3 is 2.64 bits per heavy atom. The zero-order chi connectivity index (χ0) is 17.9. The van der Waals surface area contributed by atoms with Crippen molar-refractivity contribution in [2.45, 2.75) is 0 Å². The number of furan rings is 1. The Balaban J connectivity index is 1.68. The van der Waals surface area contributed by atoms with Crippen LogP contribution in [-0.4, -0.2) is 25.4 Å². The molecule has 0 atom stereocenters. The molecule has 128 valence electrons. The molecule has 0 aliphatic heterocycles. The standard InChI is InChI=1S/C17H14N2O4S2/c1-25(21,22)19-13-6-4-12(5-7-13)15(20)9-8-14-11-24-17(18-14)16-3-2-10-23-16/h2-11,19H,1H3/b9-8+. The molecule has 0 aliphatic rings. The summed E-state index contributed by atoms with van der Waals surface area (Å²) < 4.78 is 30.0. The first-order valence-corrected chi connectivity index (χ1v) is 9.97. The molecule has 2 aromatic heterocycles. The van der Waals surface area contributed by atoms with E-state index in [1.807, 2.05) is 11.4 Å². The highest BCUT2D eigenvalue weighted by Crippen LogP contribution is 2.24. The first-order chi connectivity index (χ1) is 11.9. The van der Waals surface area contributed by atoms with Gasteiger partial charge in [0.1, 0.15) is 0 Å². The van der Waals surface area contributed by atoms with Crippen LogP contribution in [0.2, 0.25) is 0 Å². The van der Waals surface area contributed by atoms with Crippen molar-refractivity contribution in [3.8, 4) is 10.8 Å². The van der Waals surface area contributed by atoms with E-state index in [0.717, 1.165) is 11.3 Å². The molecule has 0 saturated heterocycles. The second-order valence-corrected chi connectivity index (χ2v) is 7.81. The minimum absolute atomic E-state index is 0.196. The van der Waals surface area contributed by atoms with Crippen LogP contribution in [0.15, 0.2) is 58.5 Å². The molecule has 8 heteroatoms. The molecule has 25 heavy (non-hydrogen) atoms. The van der Waals surface area contributed by atoms with Gasteiger partial charge in [0.15, 0.2) is 16.6 Å². The Hall–Kier alpha value is -2.71. The summed E-state index contributed by atoms with van der Waals surface area (Å²) in [6, 6.07) is 9.83. The van der Waals surface area contributed by atoms with Gasteiger partial charge in [-0.25, -0.2) is 13.4 Å². The molecule has 1 N–H and O–H groups in total. The van der Waals surface area contributed by atoms with Crippen molar-refractivity contribution in [2.24, 2.45) is 0 Å². The van der Waals surface area contributed by atoms with Gasteiger partial charge in [-0.1, -0.05) is 0 Å². The SMILES string of the molecule is CS(=O)(=O)Nc1ccc(C(=O)/C=C/c2csc(-c3ccco3)n2)cc1. The van der Waals surface area contributed by atoms with Crippen LogP contribution in [0.3, 0.4) is 0 Å². The molecule has 0 saturated carbocycles. The summed E-state index contributed by atoms with van der Waals surface area (Å²) in [5, 5.41) is 2.58. The number of thiazole rings is 1. The number of aromatic nitrogens is 1. The van der Waals surface area contributed by atoms with Gasteiger partial charge < -0.3 is 4.42 Å². The van der Waals surface area contributed by atoms with Crippen LogP contribution in [0.1, 0.15) is 16.1 Å². The summed E-state index contributed by atoms with van der Waals surface area (Å²) in [4.78, 5) is 16.6. The second kappa shape index (κ2) is 7.04. The van der Waals surface area contributed by atoms with Gasteiger partial charge in [0.25, 0.3) is 0 Å². The Labute approximate surface area is 148 Å². The van der Waals surface area contributed by atoms with Gasteiger partial charge in [-0.3, -0.25) is 9.52 Å². The third-order valence-corrected chi connectivity index (χ3v) is 4.61. The molecule has 6 nitrogen and oxygen atoms in total. The average molecular weight is 374 g/mol. The number of ketones is 1. The van der Waals surface area contributed by atoms with Gasteiger partial charge >= 0.3 is 0 Å². The number of anilines is 1. The van der Waals surface area contributed by atoms with Crippen molar-refractivity contribution in [2.75, 3.05) is 11.0 Å². The lowest BCUT2D eigenvalue weighted by Crippen LogP contribution is -2.09. The molecule has 0 fully saturated rings. The molecule has 0 aliphatic carbocycles. The topological polar surface area (TPSA) is 89.3 Å². The lowest BCUT2D eigenvalue weighted by Gasteiger charge is -2.03. The number of rotatable bonds is 6. The normalized spacial score (nSPS) is 11.7. The number of allylic oxidation sites excluding steroid dienone is 1. The Kier molecular flexibility index (Phi) is 4.82. The van der Waals surface area contributed by atoms with Gasteiger partial charge in [0, 0.05) is 16.6 Å². The Morgan fingerprint density at radius 1 is 1.24 bits per heavy atom. The van der Waals surface area contributed by atoms with Gasteiger partial charge in [-0.2, -0.15) is 0 Å². The Bertz CT molecular complexity index is 1000. The summed E-state index contributed by atoms with van der Waals surface area (Å²) in [7, 11) is -3.34. The van der Waals surface area contributed by atoms with E-state index in [1.165, 1.54) is 17.4 Å². The van der Waals surface area contributed by atoms with Gasteiger partial charge in [-0.05, 0) is 48.6 Å². The number of carbonyl (C=O) groups is 1. The van der Waals surface area contributed by atoms with Crippen LogP contribution in [-0.2, 0) is 10.0 Å². The predicted octanol–water partition coefficient (Wildman–Crippen LogP) is 3.67. The predicted molar refractivity (Wildman–Crippen MR) is 98.1 cm³/mol. The zero-order valence-electron chi connectivity index (χ0n) is 13.2. The highest BCUT2D eigenvalue weighted by molar-refractivity contribution is 7.92. The summed E-state index contributed by atoms with van der Waals surface area (Å²) in [6.45, 7) is 0. The first kappa shape index (κ1) is 17.1. The maximum atomic E-state index is 12.2. The largest absolute Gasteiger partial charge is 0.462 e. The quantitative estimate of drug-likeness (QED) is 0.525. The van der Waals surface area contributed by atoms with Crippen LogP contribution in [0.25, 0.3) is 16.8 Å². The third-order valence-electron chi connectivity index (χ3n) is 3.13. The zero-order valence-corrected chi connectivity index (χ0v) is 14.8. The van der Waals surface area contributed by atoms with Crippen molar-refractivity contribution in [3.63, 3.8) is 0 Å². The molecule has 3 aromatic rings. The summed E-state index contributed by atoms with van der Waals surface area (Å²) in [5.74, 6) is 0.489. The maximum absolute atomic E-state index is 12.2. The van der Waals surface area contributed by atoms with E-state index in [1.54, 1.807) is 42.7 Å². The summed E-state index contributed by atoms with van der Waals surface area (Å²) >= 11 is 1.43. The number of benzene rings is 1. The smallest absolute Gasteiger partial charge is 0.229 e. The monoisotopic (exact) mass is 374 g/mol. The van der Waals surface area contributed by atoms with E-state index < -0.39 is 10.0 Å². The lowest BCUT2D eigenvalue weighted by atomic mass is 10.1. The molecule has 2 heterocycles. The molecular weight excluding hydrogens is 360 g/mol. The van der Waals surface area contributed by atoms with E-state index in [0.29, 0.717) is 22.7 Å². The highest BCUT2D eigenvalue weighted by atomic mass is 32.2. The summed E-state index contributed by atoms with van der Waals surface area (Å²) in [6.07, 6.45) is 5.71. The van der Waals surface area contributed by atoms with Crippen molar-refractivity contribution in [1.82, 2.24) is 4.98 Å². The van der Waals surface area contributed by atoms with E-state index in [2.05, 4.69) is 9.71 Å². The fraction of sp³-hybridized carbons (Fsp3) is 0.0588. The van der Waals surface area contributed by atoms with Crippen molar-refractivity contribution in [1.29, 1.82) is 0 Å². The van der Waals surface area contributed by atoms with E-state index in [9.17, 15) is 13.2 Å². The fourth-order valence-electron chi connectivity index (χ4n) is 2.05. The van der Waals surface area contributed by atoms with Crippen molar-refractivity contribution in [3.05, 3.63) is 65.4 Å². The minimum atomic E-state index is -3.34. The van der Waals surface area contributed by atoms with Gasteiger partial charge in [0.05, 0.1) is 18.2 Å². The average Bonchev–Trinajstić information content (AvgIpc) is 3.23. The molecule has 3 rings (SSSR count). The molecule has 0 spiro atoms. The molecule has 0 unspecified atom stereocenters. The van der Waals surface area contributed by atoms with Crippen LogP contribution in [0.4, 0.5) is 5.69 Å². The molecule has 0 bridgehead atoms. The first-order valence-electron chi connectivity index (χ1n) is 7.20. The minimum Gasteiger partial charge on any atom is -0.462 e. The van der Waals surface area contributed by atoms with Crippen molar-refractivity contribution >= 4 is 38.9 Å². The third kappa shape index (κ3) is 4.65. The van der Waals surface area contributed by atoms with E-state index in [-0.39, 0.29) is 5.78 Å². The number of hydrogen-bond acceptors (Lipinski definition) is 6. The van der Waals surface area contributed by atoms with Gasteiger partial charge in [-0.15, -0.1) is 11.3 Å². The number of nitrogens with one attached hydrogen (secondary N) is 1. The van der Waals surface area contributed by atoms with E-state index in [4.69, 9.17) is 4.42 Å². The molecular formula is C17H14N2O4S2. The number of hydrogen-bond donors (Lipinski definition) is 1.